The van der Waals surface area contributed by atoms with Gasteiger partial charge in [0.1, 0.15) is 5.75 Å². The van der Waals surface area contributed by atoms with E-state index in [0.717, 1.165) is 53.8 Å². The summed E-state index contributed by atoms with van der Waals surface area (Å²) in [6.45, 7) is 4.07. The van der Waals surface area contributed by atoms with Crippen LogP contribution in [-0.2, 0) is 9.59 Å². The van der Waals surface area contributed by atoms with Crippen molar-refractivity contribution in [1.29, 1.82) is 0 Å². The normalized spacial score (nSPS) is 21.5. The van der Waals surface area contributed by atoms with Crippen molar-refractivity contribution in [3.05, 3.63) is 65.2 Å². The average molecular weight is 433 g/mol. The van der Waals surface area contributed by atoms with E-state index in [9.17, 15) is 9.59 Å². The number of β-lactam (4-membered cyclic amide) rings is 1. The molecule has 1 aliphatic heterocycles. The first-order valence-electron chi connectivity index (χ1n) is 11.5. The monoisotopic (exact) mass is 432 g/mol. The fourth-order valence-electron chi connectivity index (χ4n) is 4.74. The van der Waals surface area contributed by atoms with Gasteiger partial charge in [-0.1, -0.05) is 49.6 Å². The molecule has 1 atom stereocenters. The van der Waals surface area contributed by atoms with Crippen LogP contribution in [0.1, 0.15) is 55.2 Å². The van der Waals surface area contributed by atoms with Crippen molar-refractivity contribution >= 4 is 23.6 Å². The van der Waals surface area contributed by atoms with Crippen molar-refractivity contribution in [2.45, 2.75) is 64.0 Å². The quantitative estimate of drug-likeness (QED) is 0.657. The number of nitrogens with zero attached hydrogens (tertiary/aromatic N) is 1. The second kappa shape index (κ2) is 9.19. The Balaban J connectivity index is 1.71. The lowest BCUT2D eigenvalue weighted by Gasteiger charge is -2.49. The minimum Gasteiger partial charge on any atom is -0.496 e. The summed E-state index contributed by atoms with van der Waals surface area (Å²) in [5, 5.41) is 3.26. The third-order valence-electron chi connectivity index (χ3n) is 6.83. The molecule has 5 heteroatoms. The van der Waals surface area contributed by atoms with E-state index in [1.807, 2.05) is 68.5 Å². The van der Waals surface area contributed by atoms with Gasteiger partial charge in [-0.15, -0.1) is 0 Å². The molecule has 2 aromatic carbocycles. The molecule has 2 fully saturated rings. The van der Waals surface area contributed by atoms with Crippen LogP contribution in [0.5, 0.6) is 5.75 Å². The number of hydrogen-bond acceptors (Lipinski definition) is 3. The van der Waals surface area contributed by atoms with Crippen molar-refractivity contribution in [3.8, 4) is 5.75 Å². The summed E-state index contributed by atoms with van der Waals surface area (Å²) in [6, 6.07) is 13.8. The van der Waals surface area contributed by atoms with Gasteiger partial charge in [0, 0.05) is 17.3 Å². The Kier molecular flexibility index (Phi) is 6.35. The fraction of sp³-hybridized carbons (Fsp3) is 0.407. The molecule has 1 aliphatic carbocycles. The zero-order chi connectivity index (χ0) is 22.7. The number of nitrogens with one attached hydrogen (secondary N) is 1. The number of carbonyl (C=O) groups is 2. The number of aryl methyl sites for hydroxylation is 2. The van der Waals surface area contributed by atoms with E-state index in [1.165, 1.54) is 6.42 Å². The zero-order valence-electron chi connectivity index (χ0n) is 19.2. The highest BCUT2D eigenvalue weighted by atomic mass is 16.5. The number of ether oxygens (including phenoxy) is 1. The van der Waals surface area contributed by atoms with E-state index < -0.39 is 5.54 Å². The molecule has 2 aromatic rings. The Morgan fingerprint density at radius 1 is 1.09 bits per heavy atom. The third kappa shape index (κ3) is 4.16. The number of hydrogen-bond donors (Lipinski definition) is 1. The molecule has 0 unspecified atom stereocenters. The van der Waals surface area contributed by atoms with Gasteiger partial charge < -0.3 is 10.1 Å². The first-order valence-corrected chi connectivity index (χ1v) is 11.5. The molecule has 4 rings (SSSR count). The summed E-state index contributed by atoms with van der Waals surface area (Å²) in [6.07, 6.45) is 9.41. The summed E-state index contributed by atoms with van der Waals surface area (Å²) in [7, 11) is 1.63. The maximum absolute atomic E-state index is 13.7. The highest BCUT2D eigenvalue weighted by Gasteiger charge is 2.56. The van der Waals surface area contributed by atoms with Gasteiger partial charge in [0.15, 0.2) is 5.54 Å². The molecule has 1 N–H and O–H groups in total. The molecular formula is C27H32N2O3. The van der Waals surface area contributed by atoms with E-state index in [2.05, 4.69) is 5.32 Å². The van der Waals surface area contributed by atoms with Crippen LogP contribution in [0.2, 0.25) is 0 Å². The van der Waals surface area contributed by atoms with Crippen molar-refractivity contribution in [3.63, 3.8) is 0 Å². The van der Waals surface area contributed by atoms with Crippen LogP contribution >= 0.6 is 0 Å². The van der Waals surface area contributed by atoms with Gasteiger partial charge >= 0.3 is 0 Å². The van der Waals surface area contributed by atoms with Crippen LogP contribution in [0.25, 0.3) is 6.08 Å². The van der Waals surface area contributed by atoms with E-state index in [-0.39, 0.29) is 24.3 Å². The Morgan fingerprint density at radius 3 is 2.53 bits per heavy atom. The molecule has 0 spiro atoms. The predicted octanol–water partition coefficient (Wildman–Crippen LogP) is 4.95. The zero-order valence-corrected chi connectivity index (χ0v) is 19.2. The summed E-state index contributed by atoms with van der Waals surface area (Å²) in [4.78, 5) is 28.2. The molecule has 2 aliphatic rings. The van der Waals surface area contributed by atoms with Crippen molar-refractivity contribution < 1.29 is 14.3 Å². The highest BCUT2D eigenvalue weighted by Crippen LogP contribution is 2.40. The highest BCUT2D eigenvalue weighted by molar-refractivity contribution is 6.15. The lowest BCUT2D eigenvalue weighted by atomic mass is 9.80. The van der Waals surface area contributed by atoms with E-state index in [1.54, 1.807) is 12.0 Å². The Labute approximate surface area is 190 Å². The van der Waals surface area contributed by atoms with Crippen molar-refractivity contribution in [2.24, 2.45) is 0 Å². The molecule has 1 saturated carbocycles. The molecule has 1 saturated heterocycles. The maximum Gasteiger partial charge on any atom is 0.251 e. The van der Waals surface area contributed by atoms with E-state index >= 15 is 0 Å². The lowest BCUT2D eigenvalue weighted by molar-refractivity contribution is -0.137. The third-order valence-corrected chi connectivity index (χ3v) is 6.83. The van der Waals surface area contributed by atoms with Crippen LogP contribution in [0, 0.1) is 13.8 Å². The number of methoxy groups -OCH3 is 1. The Hall–Kier alpha value is -3.08. The van der Waals surface area contributed by atoms with E-state index in [4.69, 9.17) is 4.74 Å². The van der Waals surface area contributed by atoms with Gasteiger partial charge in [-0.25, -0.2) is 0 Å². The minimum atomic E-state index is -1.04. The number of para-hydroxylation sites is 1. The SMILES string of the molecule is COc1ccccc1/C=C/[C@]1(C(=O)NC2CCCCC2)CC(=O)N1c1ccc(C)c(C)c1. The molecule has 1 heterocycles. The van der Waals surface area contributed by atoms with Gasteiger partial charge in [0.2, 0.25) is 5.91 Å². The summed E-state index contributed by atoms with van der Waals surface area (Å²) >= 11 is 0. The number of amides is 2. The topological polar surface area (TPSA) is 58.6 Å². The van der Waals surface area contributed by atoms with Crippen LogP contribution in [0.3, 0.4) is 0 Å². The largest absolute Gasteiger partial charge is 0.496 e. The maximum atomic E-state index is 13.7. The Morgan fingerprint density at radius 2 is 1.84 bits per heavy atom. The van der Waals surface area contributed by atoms with Crippen LogP contribution in [0.4, 0.5) is 5.69 Å². The number of carbonyl (C=O) groups excluding carboxylic acids is 2. The fourth-order valence-corrected chi connectivity index (χ4v) is 4.74. The van der Waals surface area contributed by atoms with Gasteiger partial charge in [0.05, 0.1) is 13.5 Å². The predicted molar refractivity (Wildman–Crippen MR) is 128 cm³/mol. The van der Waals surface area contributed by atoms with Crippen molar-refractivity contribution in [1.82, 2.24) is 5.32 Å². The second-order valence-electron chi connectivity index (χ2n) is 8.98. The first-order chi connectivity index (χ1) is 15.4. The smallest absolute Gasteiger partial charge is 0.251 e. The van der Waals surface area contributed by atoms with Gasteiger partial charge in [0.25, 0.3) is 5.91 Å². The van der Waals surface area contributed by atoms with Crippen molar-refractivity contribution in [2.75, 3.05) is 12.0 Å². The van der Waals surface area contributed by atoms with Gasteiger partial charge in [-0.3, -0.25) is 14.5 Å². The summed E-state index contributed by atoms with van der Waals surface area (Å²) in [5.41, 5.74) is 2.84. The lowest BCUT2D eigenvalue weighted by Crippen LogP contribution is -2.70. The minimum absolute atomic E-state index is 0.0447. The molecule has 0 aromatic heterocycles. The number of benzene rings is 2. The summed E-state index contributed by atoms with van der Waals surface area (Å²) in [5.74, 6) is 0.583. The molecule has 0 radical (unpaired) electrons. The number of rotatable bonds is 6. The molecule has 168 valence electrons. The van der Waals surface area contributed by atoms with Crippen LogP contribution < -0.4 is 15.0 Å². The van der Waals surface area contributed by atoms with Gasteiger partial charge in [-0.05, 0) is 62.1 Å². The summed E-state index contributed by atoms with van der Waals surface area (Å²) < 4.78 is 5.47. The van der Waals surface area contributed by atoms with Gasteiger partial charge in [-0.2, -0.15) is 0 Å². The Bertz CT molecular complexity index is 1040. The molecule has 32 heavy (non-hydrogen) atoms. The first kappa shape index (κ1) is 22.1. The second-order valence-corrected chi connectivity index (χ2v) is 8.98. The number of anilines is 1. The average Bonchev–Trinajstić information content (AvgIpc) is 2.79. The molecule has 0 bridgehead atoms. The molecule has 5 nitrogen and oxygen atoms in total. The molecular weight excluding hydrogens is 400 g/mol. The van der Waals surface area contributed by atoms with E-state index in [0.29, 0.717) is 0 Å². The van der Waals surface area contributed by atoms with Crippen LogP contribution in [0.15, 0.2) is 48.5 Å². The molecule has 2 amide bonds. The van der Waals surface area contributed by atoms with Crippen LogP contribution in [-0.4, -0.2) is 30.5 Å². The standard InChI is InChI=1S/C27H32N2O3/c1-19-13-14-23(17-20(19)2)29-25(30)18-27(29,26(31)28-22-10-5-4-6-11-22)16-15-21-9-7-8-12-24(21)32-3/h7-9,12-17,22H,4-6,10-11,18H2,1-3H3,(H,28,31)/b16-15+/t27-/m1/s1.